The quantitative estimate of drug-likeness (QED) is 0.880. The van der Waals surface area contributed by atoms with Crippen molar-refractivity contribution < 1.29 is 8.78 Å². The zero-order valence-corrected chi connectivity index (χ0v) is 11.2. The molecule has 1 fully saturated rings. The molecule has 0 aromatic heterocycles. The molecule has 0 radical (unpaired) electrons. The van der Waals surface area contributed by atoms with Gasteiger partial charge in [0.15, 0.2) is 0 Å². The smallest absolute Gasteiger partial charge is 0.124 e. The van der Waals surface area contributed by atoms with Crippen molar-refractivity contribution in [1.29, 1.82) is 0 Å². The number of hydrogen-bond donors (Lipinski definition) is 1. The molecule has 1 aliphatic heterocycles. The van der Waals surface area contributed by atoms with Gasteiger partial charge in [0.25, 0.3) is 0 Å². The molecular weight excluding hydrogens is 288 g/mol. The molecule has 1 heterocycles. The first-order chi connectivity index (χ1) is 8.07. The van der Waals surface area contributed by atoms with Crippen LogP contribution in [0.3, 0.4) is 0 Å². The van der Waals surface area contributed by atoms with Crippen molar-refractivity contribution in [1.82, 2.24) is 5.32 Å². The van der Waals surface area contributed by atoms with Crippen LogP contribution in [0.25, 0.3) is 0 Å². The van der Waals surface area contributed by atoms with E-state index in [2.05, 4.69) is 21.2 Å². The fraction of sp³-hybridized carbons (Fsp3) is 0.538. The van der Waals surface area contributed by atoms with Gasteiger partial charge in [0.1, 0.15) is 11.5 Å². The Hall–Kier alpha value is -0.480. The minimum atomic E-state index is -1.20. The minimum Gasteiger partial charge on any atom is -0.317 e. The summed E-state index contributed by atoms with van der Waals surface area (Å²) in [4.78, 5) is 0. The zero-order valence-electron chi connectivity index (χ0n) is 9.61. The van der Waals surface area contributed by atoms with Gasteiger partial charge in [-0.3, -0.25) is 0 Å². The zero-order chi connectivity index (χ0) is 12.3. The standard InChI is InChI=1S/C13H16BrF2N/c14-11-6-10(7-12(15)8-11)9-13(16)2-1-4-17-5-3-13/h6-8,17H,1-5,9H2. The van der Waals surface area contributed by atoms with E-state index < -0.39 is 5.67 Å². The third kappa shape index (κ3) is 3.75. The molecule has 0 saturated carbocycles. The third-order valence-corrected chi connectivity index (χ3v) is 3.63. The van der Waals surface area contributed by atoms with Crippen LogP contribution < -0.4 is 5.32 Å². The molecule has 1 aromatic carbocycles. The summed E-state index contributed by atoms with van der Waals surface area (Å²) >= 11 is 3.24. The molecule has 1 atom stereocenters. The number of benzene rings is 1. The minimum absolute atomic E-state index is 0.297. The van der Waals surface area contributed by atoms with Gasteiger partial charge in [-0.1, -0.05) is 15.9 Å². The summed E-state index contributed by atoms with van der Waals surface area (Å²) in [6.45, 7) is 1.57. The largest absolute Gasteiger partial charge is 0.317 e. The van der Waals surface area contributed by atoms with Gasteiger partial charge in [-0.15, -0.1) is 0 Å². The number of alkyl halides is 1. The number of hydrogen-bond acceptors (Lipinski definition) is 1. The third-order valence-electron chi connectivity index (χ3n) is 3.17. The Kier molecular flexibility index (Phi) is 4.15. The second kappa shape index (κ2) is 5.44. The molecule has 1 unspecified atom stereocenters. The molecule has 17 heavy (non-hydrogen) atoms. The fourth-order valence-corrected chi connectivity index (χ4v) is 2.86. The molecule has 1 saturated heterocycles. The Morgan fingerprint density at radius 2 is 2.06 bits per heavy atom. The summed E-state index contributed by atoms with van der Waals surface area (Å²) in [6, 6.07) is 4.61. The van der Waals surface area contributed by atoms with Crippen molar-refractivity contribution in [3.05, 3.63) is 34.1 Å². The molecule has 0 spiro atoms. The first-order valence-corrected chi connectivity index (χ1v) is 6.71. The topological polar surface area (TPSA) is 12.0 Å². The Morgan fingerprint density at radius 1 is 1.24 bits per heavy atom. The average Bonchev–Trinajstić information content (AvgIpc) is 2.41. The summed E-state index contributed by atoms with van der Waals surface area (Å²) in [5.41, 5.74) is -0.474. The second-order valence-electron chi connectivity index (χ2n) is 4.71. The molecule has 4 heteroatoms. The van der Waals surface area contributed by atoms with E-state index in [1.165, 1.54) is 12.1 Å². The number of nitrogens with one attached hydrogen (secondary N) is 1. The van der Waals surface area contributed by atoms with E-state index in [0.717, 1.165) is 18.5 Å². The van der Waals surface area contributed by atoms with Crippen LogP contribution in [0.1, 0.15) is 24.8 Å². The van der Waals surface area contributed by atoms with E-state index in [-0.39, 0.29) is 5.82 Å². The molecule has 0 bridgehead atoms. The summed E-state index contributed by atoms with van der Waals surface area (Å²) in [5.74, 6) is -0.315. The van der Waals surface area contributed by atoms with Crippen molar-refractivity contribution in [2.75, 3.05) is 13.1 Å². The summed E-state index contributed by atoms with van der Waals surface area (Å²) in [5, 5.41) is 3.19. The van der Waals surface area contributed by atoms with Gasteiger partial charge in [0.05, 0.1) is 0 Å². The van der Waals surface area contributed by atoms with E-state index in [4.69, 9.17) is 0 Å². The van der Waals surface area contributed by atoms with Crippen molar-refractivity contribution >= 4 is 15.9 Å². The van der Waals surface area contributed by atoms with Gasteiger partial charge in [-0.05, 0) is 56.1 Å². The summed E-state index contributed by atoms with van der Waals surface area (Å²) in [6.07, 6.45) is 2.19. The molecular formula is C13H16BrF2N. The van der Waals surface area contributed by atoms with Gasteiger partial charge in [-0.25, -0.2) is 8.78 Å². The molecule has 1 aliphatic rings. The Balaban J connectivity index is 2.12. The predicted molar refractivity (Wildman–Crippen MR) is 68.4 cm³/mol. The molecule has 0 aliphatic carbocycles. The van der Waals surface area contributed by atoms with Crippen LogP contribution in [0.5, 0.6) is 0 Å². The highest BCUT2D eigenvalue weighted by atomic mass is 79.9. The van der Waals surface area contributed by atoms with Crippen LogP contribution in [-0.2, 0) is 6.42 Å². The highest BCUT2D eigenvalue weighted by Gasteiger charge is 2.30. The second-order valence-corrected chi connectivity index (χ2v) is 5.62. The Labute approximate surface area is 109 Å². The monoisotopic (exact) mass is 303 g/mol. The molecule has 2 rings (SSSR count). The van der Waals surface area contributed by atoms with Gasteiger partial charge < -0.3 is 5.32 Å². The van der Waals surface area contributed by atoms with Gasteiger partial charge in [-0.2, -0.15) is 0 Å². The lowest BCUT2D eigenvalue weighted by atomic mass is 9.89. The molecule has 1 aromatic rings. The van der Waals surface area contributed by atoms with Crippen LogP contribution in [0.15, 0.2) is 22.7 Å². The van der Waals surface area contributed by atoms with Crippen molar-refractivity contribution in [2.24, 2.45) is 0 Å². The van der Waals surface area contributed by atoms with Crippen molar-refractivity contribution in [3.8, 4) is 0 Å². The van der Waals surface area contributed by atoms with E-state index in [0.29, 0.717) is 30.3 Å². The SMILES string of the molecule is Fc1cc(Br)cc(CC2(F)CCCNCC2)c1. The fourth-order valence-electron chi connectivity index (χ4n) is 2.35. The number of halogens is 3. The maximum Gasteiger partial charge on any atom is 0.124 e. The molecule has 1 N–H and O–H groups in total. The Morgan fingerprint density at radius 3 is 2.82 bits per heavy atom. The van der Waals surface area contributed by atoms with Crippen LogP contribution in [0.2, 0.25) is 0 Å². The maximum absolute atomic E-state index is 14.6. The predicted octanol–water partition coefficient (Wildman–Crippen LogP) is 3.61. The van der Waals surface area contributed by atoms with Gasteiger partial charge in [0, 0.05) is 10.9 Å². The van der Waals surface area contributed by atoms with Gasteiger partial charge >= 0.3 is 0 Å². The van der Waals surface area contributed by atoms with E-state index >= 15 is 0 Å². The van der Waals surface area contributed by atoms with Crippen LogP contribution in [0.4, 0.5) is 8.78 Å². The van der Waals surface area contributed by atoms with E-state index in [1.807, 2.05) is 0 Å². The average molecular weight is 304 g/mol. The lowest BCUT2D eigenvalue weighted by Crippen LogP contribution is -2.27. The van der Waals surface area contributed by atoms with Gasteiger partial charge in [0.2, 0.25) is 0 Å². The first kappa shape index (κ1) is 13.0. The molecule has 94 valence electrons. The molecule has 1 nitrogen and oxygen atoms in total. The van der Waals surface area contributed by atoms with Crippen LogP contribution >= 0.6 is 15.9 Å². The van der Waals surface area contributed by atoms with Crippen molar-refractivity contribution in [3.63, 3.8) is 0 Å². The van der Waals surface area contributed by atoms with E-state index in [9.17, 15) is 8.78 Å². The van der Waals surface area contributed by atoms with E-state index in [1.54, 1.807) is 6.07 Å². The van der Waals surface area contributed by atoms with Crippen molar-refractivity contribution in [2.45, 2.75) is 31.4 Å². The normalized spacial score (nSPS) is 25.6. The highest BCUT2D eigenvalue weighted by molar-refractivity contribution is 9.10. The van der Waals surface area contributed by atoms with Crippen LogP contribution in [-0.4, -0.2) is 18.8 Å². The maximum atomic E-state index is 14.6. The summed E-state index contributed by atoms with van der Waals surface area (Å²) < 4.78 is 28.5. The highest BCUT2D eigenvalue weighted by Crippen LogP contribution is 2.29. The molecule has 0 amide bonds. The summed E-state index contributed by atoms with van der Waals surface area (Å²) in [7, 11) is 0. The lowest BCUT2D eigenvalue weighted by Gasteiger charge is -2.23. The van der Waals surface area contributed by atoms with Crippen LogP contribution in [0, 0.1) is 5.82 Å². The lowest BCUT2D eigenvalue weighted by molar-refractivity contribution is 0.144. The Bertz CT molecular complexity index is 367. The number of rotatable bonds is 2. The first-order valence-electron chi connectivity index (χ1n) is 5.92.